The number of hydrogen-bond donors (Lipinski definition) is 1. The number of carbonyl (C=O) groups is 1. The number of carbonyl (C=O) groups excluding carboxylic acids is 1. The summed E-state index contributed by atoms with van der Waals surface area (Å²) in [5, 5.41) is 1.37. The fourth-order valence-corrected chi connectivity index (χ4v) is 4.66. The van der Waals surface area contributed by atoms with Crippen LogP contribution < -0.4 is 5.73 Å². The van der Waals surface area contributed by atoms with Crippen molar-refractivity contribution in [3.8, 4) is 11.1 Å². The molecule has 0 saturated carbocycles. The molecule has 193 valence electrons. The van der Waals surface area contributed by atoms with Crippen molar-refractivity contribution >= 4 is 39.3 Å². The summed E-state index contributed by atoms with van der Waals surface area (Å²) in [5.41, 5.74) is 5.00. The summed E-state index contributed by atoms with van der Waals surface area (Å²) in [7, 11) is 0. The number of halogens is 7. The lowest BCUT2D eigenvalue weighted by Gasteiger charge is -2.16. The molecule has 0 fully saturated rings. The van der Waals surface area contributed by atoms with Crippen LogP contribution in [0.2, 0.25) is 5.02 Å². The molecule has 1 radical (unpaired) electrons. The predicted octanol–water partition coefficient (Wildman–Crippen LogP) is 8.10. The average molecular weight is 546 g/mol. The van der Waals surface area contributed by atoms with Crippen molar-refractivity contribution in [2.75, 3.05) is 0 Å². The molecule has 10 heteroatoms. The molecule has 0 aliphatic heterocycles. The molecule has 5 rings (SSSR count). The SMILES string of the molecule is NC(=O)c1cccc2c1c1[c]cc(-c3ccc(Cl)cc3)cc1n2Cc1cc(C(F)(F)F)cc(C(F)(F)F)c1. The Bertz CT molecular complexity index is 1670. The first-order valence-electron chi connectivity index (χ1n) is 11.1. The van der Waals surface area contributed by atoms with Gasteiger partial charge in [0.15, 0.2) is 0 Å². The van der Waals surface area contributed by atoms with Crippen LogP contribution in [-0.2, 0) is 18.9 Å². The highest BCUT2D eigenvalue weighted by molar-refractivity contribution is 6.30. The van der Waals surface area contributed by atoms with Crippen LogP contribution in [0.3, 0.4) is 0 Å². The molecule has 0 atom stereocenters. The third kappa shape index (κ3) is 4.69. The molecule has 1 heterocycles. The van der Waals surface area contributed by atoms with Crippen molar-refractivity contribution in [1.29, 1.82) is 0 Å². The lowest BCUT2D eigenvalue weighted by Crippen LogP contribution is -2.13. The van der Waals surface area contributed by atoms with Crippen molar-refractivity contribution in [1.82, 2.24) is 4.57 Å². The van der Waals surface area contributed by atoms with Gasteiger partial charge in [0.2, 0.25) is 5.91 Å². The van der Waals surface area contributed by atoms with E-state index in [-0.39, 0.29) is 23.7 Å². The van der Waals surface area contributed by atoms with Gasteiger partial charge in [-0.3, -0.25) is 4.79 Å². The number of benzene rings is 4. The number of hydrogen-bond acceptors (Lipinski definition) is 1. The molecule has 0 bridgehead atoms. The minimum atomic E-state index is -4.98. The highest BCUT2D eigenvalue weighted by Gasteiger charge is 2.37. The second kappa shape index (κ2) is 9.09. The highest BCUT2D eigenvalue weighted by Crippen LogP contribution is 2.38. The fraction of sp³-hybridized carbons (Fsp3) is 0.107. The van der Waals surface area contributed by atoms with E-state index >= 15 is 0 Å². The summed E-state index contributed by atoms with van der Waals surface area (Å²) in [6.07, 6.45) is -9.96. The Balaban J connectivity index is 1.78. The van der Waals surface area contributed by atoms with Gasteiger partial charge in [0.05, 0.1) is 22.2 Å². The number of fused-ring (bicyclic) bond motifs is 3. The number of nitrogens with zero attached hydrogens (tertiary/aromatic N) is 1. The largest absolute Gasteiger partial charge is 0.416 e. The number of nitrogens with two attached hydrogens (primary N) is 1. The van der Waals surface area contributed by atoms with Crippen molar-refractivity contribution in [2.24, 2.45) is 5.73 Å². The molecule has 5 aromatic rings. The molecule has 0 spiro atoms. The zero-order valence-electron chi connectivity index (χ0n) is 19.2. The van der Waals surface area contributed by atoms with E-state index in [4.69, 9.17) is 17.3 Å². The lowest BCUT2D eigenvalue weighted by molar-refractivity contribution is -0.143. The minimum Gasteiger partial charge on any atom is -0.366 e. The third-order valence-electron chi connectivity index (χ3n) is 6.23. The van der Waals surface area contributed by atoms with E-state index in [1.807, 2.05) is 0 Å². The Morgan fingerprint density at radius 1 is 0.842 bits per heavy atom. The molecule has 0 aliphatic rings. The number of rotatable bonds is 4. The van der Waals surface area contributed by atoms with Gasteiger partial charge in [-0.25, -0.2) is 0 Å². The molecule has 0 unspecified atom stereocenters. The summed E-state index contributed by atoms with van der Waals surface area (Å²) in [6, 6.07) is 19.6. The maximum Gasteiger partial charge on any atom is 0.416 e. The van der Waals surface area contributed by atoms with Crippen LogP contribution in [0.15, 0.2) is 72.8 Å². The Kier molecular flexibility index (Phi) is 6.14. The molecular formula is C28H16ClF6N2O. The zero-order chi connectivity index (χ0) is 27.4. The molecule has 38 heavy (non-hydrogen) atoms. The van der Waals surface area contributed by atoms with Crippen molar-refractivity contribution < 1.29 is 31.1 Å². The Morgan fingerprint density at radius 2 is 1.47 bits per heavy atom. The van der Waals surface area contributed by atoms with Gasteiger partial charge < -0.3 is 10.3 Å². The lowest BCUT2D eigenvalue weighted by atomic mass is 10.0. The molecule has 3 nitrogen and oxygen atoms in total. The summed E-state index contributed by atoms with van der Waals surface area (Å²) in [4.78, 5) is 12.2. The van der Waals surface area contributed by atoms with E-state index in [1.54, 1.807) is 53.1 Å². The summed E-state index contributed by atoms with van der Waals surface area (Å²) in [6.45, 7) is -0.340. The number of amides is 1. The second-order valence-corrected chi connectivity index (χ2v) is 9.16. The Labute approximate surface area is 217 Å². The number of aromatic nitrogens is 1. The summed E-state index contributed by atoms with van der Waals surface area (Å²) in [5.74, 6) is -0.733. The van der Waals surface area contributed by atoms with Gasteiger partial charge in [-0.05, 0) is 77.4 Å². The number of alkyl halides is 6. The first kappa shape index (κ1) is 25.7. The first-order valence-corrected chi connectivity index (χ1v) is 11.5. The second-order valence-electron chi connectivity index (χ2n) is 8.72. The van der Waals surface area contributed by atoms with Crippen LogP contribution in [0.1, 0.15) is 27.0 Å². The Hall–Kier alpha value is -3.98. The zero-order valence-corrected chi connectivity index (χ0v) is 20.0. The first-order chi connectivity index (χ1) is 17.8. The normalized spacial score (nSPS) is 12.4. The monoisotopic (exact) mass is 545 g/mol. The third-order valence-corrected chi connectivity index (χ3v) is 6.48. The van der Waals surface area contributed by atoms with Gasteiger partial charge in [-0.2, -0.15) is 26.3 Å². The van der Waals surface area contributed by atoms with E-state index < -0.39 is 29.4 Å². The Morgan fingerprint density at radius 3 is 2.05 bits per heavy atom. The van der Waals surface area contributed by atoms with Gasteiger partial charge >= 0.3 is 12.4 Å². The molecule has 0 saturated heterocycles. The molecular weight excluding hydrogens is 530 g/mol. The molecule has 4 aromatic carbocycles. The maximum atomic E-state index is 13.5. The smallest absolute Gasteiger partial charge is 0.366 e. The topological polar surface area (TPSA) is 48.0 Å². The average Bonchev–Trinajstić information content (AvgIpc) is 3.16. The van der Waals surface area contributed by atoms with Gasteiger partial charge in [-0.1, -0.05) is 29.8 Å². The van der Waals surface area contributed by atoms with E-state index in [0.717, 1.165) is 5.56 Å². The fourth-order valence-electron chi connectivity index (χ4n) is 4.53. The van der Waals surface area contributed by atoms with E-state index in [9.17, 15) is 31.1 Å². The molecule has 1 amide bonds. The highest BCUT2D eigenvalue weighted by atomic mass is 35.5. The van der Waals surface area contributed by atoms with Gasteiger partial charge in [0, 0.05) is 27.9 Å². The van der Waals surface area contributed by atoms with Crippen molar-refractivity contribution in [3.05, 3.63) is 106 Å². The summed E-state index contributed by atoms with van der Waals surface area (Å²) < 4.78 is 82.5. The van der Waals surface area contributed by atoms with Gasteiger partial charge in [-0.15, -0.1) is 0 Å². The van der Waals surface area contributed by atoms with E-state index in [1.165, 1.54) is 6.07 Å². The van der Waals surface area contributed by atoms with E-state index in [0.29, 0.717) is 44.5 Å². The molecule has 1 aromatic heterocycles. The van der Waals surface area contributed by atoms with E-state index in [2.05, 4.69) is 6.07 Å². The minimum absolute atomic E-state index is 0.0903. The predicted molar refractivity (Wildman–Crippen MR) is 133 cm³/mol. The van der Waals surface area contributed by atoms with Crippen LogP contribution in [0.4, 0.5) is 26.3 Å². The van der Waals surface area contributed by atoms with Crippen LogP contribution >= 0.6 is 11.6 Å². The van der Waals surface area contributed by atoms with Crippen molar-refractivity contribution in [2.45, 2.75) is 18.9 Å². The van der Waals surface area contributed by atoms with Gasteiger partial charge in [0.25, 0.3) is 0 Å². The van der Waals surface area contributed by atoms with Crippen LogP contribution in [0.5, 0.6) is 0 Å². The molecule has 2 N–H and O–H groups in total. The quantitative estimate of drug-likeness (QED) is 0.228. The maximum absolute atomic E-state index is 13.5. The summed E-state index contributed by atoms with van der Waals surface area (Å²) >= 11 is 5.98. The number of primary amides is 1. The van der Waals surface area contributed by atoms with Crippen LogP contribution in [0.25, 0.3) is 32.9 Å². The molecule has 0 aliphatic carbocycles. The van der Waals surface area contributed by atoms with Crippen molar-refractivity contribution in [3.63, 3.8) is 0 Å². The van der Waals surface area contributed by atoms with Gasteiger partial charge in [0.1, 0.15) is 0 Å². The van der Waals surface area contributed by atoms with Crippen LogP contribution in [0, 0.1) is 6.07 Å². The van der Waals surface area contributed by atoms with Crippen LogP contribution in [-0.4, -0.2) is 10.5 Å². The standard InChI is InChI=1S/C28H16ClF6N2O/c29-20-7-4-16(5-8-20)17-6-9-21-24(12-17)37(23-3-1-2-22(25(21)23)26(36)38)14-15-10-18(27(30,31)32)13-19(11-15)28(33,34)35/h1-8,10-13H,14H2,(H2,36,38).